The molecular formula is C19H16N2O3S2. The van der Waals surface area contributed by atoms with E-state index in [1.807, 2.05) is 31.2 Å². The predicted octanol–water partition coefficient (Wildman–Crippen LogP) is 4.04. The summed E-state index contributed by atoms with van der Waals surface area (Å²) in [6, 6.07) is 17.8. The van der Waals surface area contributed by atoms with Crippen LogP contribution in [-0.4, -0.2) is 13.0 Å². The van der Waals surface area contributed by atoms with Crippen molar-refractivity contribution in [3.8, 4) is 0 Å². The van der Waals surface area contributed by atoms with Gasteiger partial charge >= 0.3 is 4.87 Å². The summed E-state index contributed by atoms with van der Waals surface area (Å²) in [5, 5.41) is 1.85. The van der Waals surface area contributed by atoms with E-state index in [4.69, 9.17) is 0 Å². The molecule has 4 rings (SSSR count). The molecule has 0 saturated carbocycles. The van der Waals surface area contributed by atoms with Gasteiger partial charge in [0.2, 0.25) is 0 Å². The first-order chi connectivity index (χ1) is 12.5. The van der Waals surface area contributed by atoms with E-state index in [0.29, 0.717) is 12.2 Å². The van der Waals surface area contributed by atoms with Crippen LogP contribution in [0.15, 0.2) is 70.4 Å². The first-order valence-corrected chi connectivity index (χ1v) is 10.4. The highest BCUT2D eigenvalue weighted by molar-refractivity contribution is 7.92. The molecule has 1 aromatic heterocycles. The summed E-state index contributed by atoms with van der Waals surface area (Å²) in [5.74, 6) is 0. The van der Waals surface area contributed by atoms with Gasteiger partial charge in [-0.3, -0.25) is 14.1 Å². The third kappa shape index (κ3) is 2.89. The third-order valence-electron chi connectivity index (χ3n) is 4.27. The third-order valence-corrected chi connectivity index (χ3v) is 6.59. The van der Waals surface area contributed by atoms with Gasteiger partial charge in [0.15, 0.2) is 0 Å². The number of sulfonamides is 1. The Morgan fingerprint density at radius 2 is 1.77 bits per heavy atom. The second-order valence-corrected chi connectivity index (χ2v) is 8.58. The molecule has 26 heavy (non-hydrogen) atoms. The molecule has 0 radical (unpaired) electrons. The van der Waals surface area contributed by atoms with Crippen molar-refractivity contribution in [1.82, 2.24) is 4.57 Å². The van der Waals surface area contributed by atoms with Crippen LogP contribution in [0.3, 0.4) is 0 Å². The van der Waals surface area contributed by atoms with Crippen molar-refractivity contribution in [2.75, 3.05) is 4.72 Å². The van der Waals surface area contributed by atoms with Crippen molar-refractivity contribution in [3.05, 3.63) is 70.3 Å². The van der Waals surface area contributed by atoms with E-state index in [1.54, 1.807) is 41.0 Å². The summed E-state index contributed by atoms with van der Waals surface area (Å²) in [4.78, 5) is 12.1. The largest absolute Gasteiger partial charge is 0.308 e. The van der Waals surface area contributed by atoms with Gasteiger partial charge in [0.25, 0.3) is 10.0 Å². The molecule has 1 N–H and O–H groups in total. The molecule has 0 aliphatic heterocycles. The average Bonchev–Trinajstić information content (AvgIpc) is 2.95. The minimum Gasteiger partial charge on any atom is -0.299 e. The lowest BCUT2D eigenvalue weighted by Crippen LogP contribution is -2.13. The Balaban J connectivity index is 1.72. The number of nitrogens with zero attached hydrogens (tertiary/aromatic N) is 1. The maximum atomic E-state index is 12.7. The molecule has 132 valence electrons. The van der Waals surface area contributed by atoms with Gasteiger partial charge in [-0.15, -0.1) is 0 Å². The fraction of sp³-hybridized carbons (Fsp3) is 0.105. The van der Waals surface area contributed by atoms with Crippen LogP contribution in [0.4, 0.5) is 5.69 Å². The van der Waals surface area contributed by atoms with Gasteiger partial charge in [-0.2, -0.15) is 0 Å². The molecule has 0 aliphatic rings. The summed E-state index contributed by atoms with van der Waals surface area (Å²) in [6.07, 6.45) is 0. The lowest BCUT2D eigenvalue weighted by atomic mass is 10.1. The Kier molecular flexibility index (Phi) is 4.05. The van der Waals surface area contributed by atoms with Gasteiger partial charge in [0.1, 0.15) is 0 Å². The fourth-order valence-electron chi connectivity index (χ4n) is 2.98. The van der Waals surface area contributed by atoms with Crippen LogP contribution >= 0.6 is 11.3 Å². The van der Waals surface area contributed by atoms with Crippen LogP contribution in [0.25, 0.3) is 21.0 Å². The summed E-state index contributed by atoms with van der Waals surface area (Å²) in [7, 11) is -3.71. The molecule has 0 aliphatic carbocycles. The lowest BCUT2D eigenvalue weighted by Gasteiger charge is -2.09. The SMILES string of the molecule is CCn1c(=O)sc2cc(NS(=O)(=O)c3ccc4ccccc4c3)ccc21. The number of nitrogens with one attached hydrogen (secondary N) is 1. The number of hydrogen-bond donors (Lipinski definition) is 1. The predicted molar refractivity (Wildman–Crippen MR) is 107 cm³/mol. The molecular weight excluding hydrogens is 368 g/mol. The summed E-state index contributed by atoms with van der Waals surface area (Å²) in [6.45, 7) is 2.49. The van der Waals surface area contributed by atoms with E-state index in [-0.39, 0.29) is 9.77 Å². The van der Waals surface area contributed by atoms with Gasteiger partial charge in [0.05, 0.1) is 20.8 Å². The average molecular weight is 384 g/mol. The van der Waals surface area contributed by atoms with Crippen molar-refractivity contribution in [1.29, 1.82) is 0 Å². The van der Waals surface area contributed by atoms with E-state index in [0.717, 1.165) is 32.3 Å². The number of hydrogen-bond acceptors (Lipinski definition) is 4. The first-order valence-electron chi connectivity index (χ1n) is 8.13. The van der Waals surface area contributed by atoms with Crippen LogP contribution in [0.1, 0.15) is 6.92 Å². The highest BCUT2D eigenvalue weighted by atomic mass is 32.2. The maximum Gasteiger partial charge on any atom is 0.308 e. The fourth-order valence-corrected chi connectivity index (χ4v) is 5.06. The lowest BCUT2D eigenvalue weighted by molar-refractivity contribution is 0.601. The topological polar surface area (TPSA) is 68.2 Å². The molecule has 1 heterocycles. The number of rotatable bonds is 4. The van der Waals surface area contributed by atoms with E-state index in [1.165, 1.54) is 0 Å². The van der Waals surface area contributed by atoms with Crippen LogP contribution in [0.5, 0.6) is 0 Å². The van der Waals surface area contributed by atoms with Crippen molar-refractivity contribution in [2.24, 2.45) is 0 Å². The van der Waals surface area contributed by atoms with Crippen molar-refractivity contribution in [3.63, 3.8) is 0 Å². The zero-order chi connectivity index (χ0) is 18.3. The van der Waals surface area contributed by atoms with Gasteiger partial charge in [-0.05, 0) is 48.0 Å². The number of fused-ring (bicyclic) bond motifs is 2. The molecule has 5 nitrogen and oxygen atoms in total. The first kappa shape index (κ1) is 16.8. The Morgan fingerprint density at radius 3 is 2.54 bits per heavy atom. The maximum absolute atomic E-state index is 12.7. The minimum absolute atomic E-state index is 0.0444. The highest BCUT2D eigenvalue weighted by Gasteiger charge is 2.16. The van der Waals surface area contributed by atoms with Crippen molar-refractivity contribution < 1.29 is 8.42 Å². The van der Waals surface area contributed by atoms with Gasteiger partial charge in [-0.1, -0.05) is 41.7 Å². The standard InChI is InChI=1S/C19H16N2O3S2/c1-2-21-17-10-8-15(12-18(17)25-19(21)22)20-26(23,24)16-9-7-13-5-3-4-6-14(13)11-16/h3-12,20H,2H2,1H3. The van der Waals surface area contributed by atoms with Gasteiger partial charge in [0, 0.05) is 6.54 Å². The van der Waals surface area contributed by atoms with Crippen LogP contribution in [0.2, 0.25) is 0 Å². The molecule has 0 fully saturated rings. The Morgan fingerprint density at radius 1 is 1.00 bits per heavy atom. The zero-order valence-electron chi connectivity index (χ0n) is 14.0. The molecule has 0 atom stereocenters. The van der Waals surface area contributed by atoms with Crippen molar-refractivity contribution >= 4 is 48.0 Å². The number of aryl methyl sites for hydroxylation is 1. The number of thiazole rings is 1. The minimum atomic E-state index is -3.71. The Bertz CT molecular complexity index is 1290. The van der Waals surface area contributed by atoms with E-state index >= 15 is 0 Å². The zero-order valence-corrected chi connectivity index (χ0v) is 15.6. The second kappa shape index (κ2) is 6.26. The summed E-state index contributed by atoms with van der Waals surface area (Å²) < 4.78 is 30.5. The Hall–Kier alpha value is -2.64. The van der Waals surface area contributed by atoms with Crippen LogP contribution < -0.4 is 9.60 Å². The molecule has 3 aromatic carbocycles. The number of aromatic nitrogens is 1. The molecule has 0 spiro atoms. The van der Waals surface area contributed by atoms with Crippen molar-refractivity contribution in [2.45, 2.75) is 18.4 Å². The van der Waals surface area contributed by atoms with Crippen LogP contribution in [0, 0.1) is 0 Å². The normalized spacial score (nSPS) is 11.9. The van der Waals surface area contributed by atoms with E-state index in [9.17, 15) is 13.2 Å². The molecule has 7 heteroatoms. The molecule has 0 saturated heterocycles. The van der Waals surface area contributed by atoms with Gasteiger partial charge in [-0.25, -0.2) is 8.42 Å². The number of anilines is 1. The highest BCUT2D eigenvalue weighted by Crippen LogP contribution is 2.25. The molecule has 4 aromatic rings. The summed E-state index contributed by atoms with van der Waals surface area (Å²) in [5.41, 5.74) is 1.26. The Labute approximate surface area is 154 Å². The monoisotopic (exact) mass is 384 g/mol. The van der Waals surface area contributed by atoms with Gasteiger partial charge < -0.3 is 0 Å². The molecule has 0 unspecified atom stereocenters. The smallest absolute Gasteiger partial charge is 0.299 e. The molecule has 0 amide bonds. The quantitative estimate of drug-likeness (QED) is 0.577. The second-order valence-electron chi connectivity index (χ2n) is 5.91. The molecule has 0 bridgehead atoms. The van der Waals surface area contributed by atoms with Crippen LogP contribution in [-0.2, 0) is 16.6 Å². The summed E-state index contributed by atoms with van der Waals surface area (Å²) >= 11 is 1.11. The number of benzene rings is 3. The van der Waals surface area contributed by atoms with E-state index < -0.39 is 10.0 Å². The van der Waals surface area contributed by atoms with E-state index in [2.05, 4.69) is 4.72 Å².